The topological polar surface area (TPSA) is 37.3 Å². The lowest BCUT2D eigenvalue weighted by Gasteiger charge is -2.30. The first-order chi connectivity index (χ1) is 13.6. The molecule has 0 radical (unpaired) electrons. The number of para-hydroxylation sites is 1. The molecule has 1 N–H and O–H groups in total. The molecule has 2 aromatic carbocycles. The Hall–Kier alpha value is -2.59. The van der Waals surface area contributed by atoms with Crippen LogP contribution in [0, 0.1) is 5.92 Å². The third-order valence-electron chi connectivity index (χ3n) is 5.72. The second-order valence-corrected chi connectivity index (χ2v) is 8.19. The van der Waals surface area contributed by atoms with Gasteiger partial charge < -0.3 is 9.88 Å². The van der Waals surface area contributed by atoms with Crippen molar-refractivity contribution in [2.45, 2.75) is 32.7 Å². The molecule has 146 valence electrons. The Morgan fingerprint density at radius 1 is 1.14 bits per heavy atom. The van der Waals surface area contributed by atoms with Crippen LogP contribution in [0.4, 0.5) is 5.69 Å². The fraction of sp³-hybridized carbons (Fsp3) is 0.375. The fourth-order valence-electron chi connectivity index (χ4n) is 4.33. The van der Waals surface area contributed by atoms with Crippen LogP contribution in [0.25, 0.3) is 10.9 Å². The SMILES string of the molecule is CC1CCCN(Cc2ccc(NC(=O)Cc3cn(C)c4ccccc34)cc2)C1. The summed E-state index contributed by atoms with van der Waals surface area (Å²) in [6, 6.07) is 16.5. The van der Waals surface area contributed by atoms with Crippen LogP contribution in [0.2, 0.25) is 0 Å². The van der Waals surface area contributed by atoms with Crippen LogP contribution in [0.5, 0.6) is 0 Å². The predicted molar refractivity (Wildman–Crippen MR) is 115 cm³/mol. The number of likely N-dealkylation sites (tertiary alicyclic amines) is 1. The number of rotatable bonds is 5. The number of hydrogen-bond acceptors (Lipinski definition) is 2. The molecule has 0 bridgehead atoms. The van der Waals surface area contributed by atoms with Gasteiger partial charge in [-0.1, -0.05) is 37.3 Å². The summed E-state index contributed by atoms with van der Waals surface area (Å²) >= 11 is 0. The summed E-state index contributed by atoms with van der Waals surface area (Å²) in [5.41, 5.74) is 4.38. The summed E-state index contributed by atoms with van der Waals surface area (Å²) in [7, 11) is 2.02. The monoisotopic (exact) mass is 375 g/mol. The lowest BCUT2D eigenvalue weighted by Crippen LogP contribution is -2.33. The van der Waals surface area contributed by atoms with E-state index in [9.17, 15) is 4.79 Å². The molecule has 1 aliphatic heterocycles. The number of carbonyl (C=O) groups excluding carboxylic acids is 1. The van der Waals surface area contributed by atoms with E-state index in [4.69, 9.17) is 0 Å². The van der Waals surface area contributed by atoms with E-state index < -0.39 is 0 Å². The zero-order valence-corrected chi connectivity index (χ0v) is 16.8. The van der Waals surface area contributed by atoms with Crippen molar-refractivity contribution in [2.24, 2.45) is 13.0 Å². The van der Waals surface area contributed by atoms with Crippen molar-refractivity contribution in [1.82, 2.24) is 9.47 Å². The minimum Gasteiger partial charge on any atom is -0.350 e. The molecule has 1 aromatic heterocycles. The molecule has 0 saturated carbocycles. The van der Waals surface area contributed by atoms with Crippen molar-refractivity contribution in [2.75, 3.05) is 18.4 Å². The van der Waals surface area contributed by atoms with E-state index in [2.05, 4.69) is 46.0 Å². The number of benzene rings is 2. The maximum absolute atomic E-state index is 12.5. The Kier molecular flexibility index (Phi) is 5.49. The van der Waals surface area contributed by atoms with E-state index in [1.807, 2.05) is 37.5 Å². The Labute approximate surface area is 167 Å². The van der Waals surface area contributed by atoms with Crippen molar-refractivity contribution in [3.63, 3.8) is 0 Å². The van der Waals surface area contributed by atoms with Crippen LogP contribution in [0.1, 0.15) is 30.9 Å². The summed E-state index contributed by atoms with van der Waals surface area (Å²) in [4.78, 5) is 15.1. The number of aromatic nitrogens is 1. The summed E-state index contributed by atoms with van der Waals surface area (Å²) in [5, 5.41) is 4.19. The standard InChI is InChI=1S/C24H29N3O/c1-18-6-5-13-27(15-18)16-19-9-11-21(12-10-19)25-24(28)14-20-17-26(2)23-8-4-3-7-22(20)23/h3-4,7-12,17-18H,5-6,13-16H2,1-2H3,(H,25,28). The molecule has 28 heavy (non-hydrogen) atoms. The Balaban J connectivity index is 1.36. The van der Waals surface area contributed by atoms with Crippen LogP contribution < -0.4 is 5.32 Å². The van der Waals surface area contributed by atoms with Gasteiger partial charge in [0.1, 0.15) is 0 Å². The van der Waals surface area contributed by atoms with E-state index in [1.54, 1.807) is 0 Å². The highest BCUT2D eigenvalue weighted by atomic mass is 16.1. The normalized spacial score (nSPS) is 17.7. The van der Waals surface area contributed by atoms with Gasteiger partial charge in [0.25, 0.3) is 0 Å². The Bertz CT molecular complexity index is 958. The molecule has 1 aliphatic rings. The first-order valence-electron chi connectivity index (χ1n) is 10.2. The maximum Gasteiger partial charge on any atom is 0.228 e. The minimum atomic E-state index is 0.0222. The van der Waals surface area contributed by atoms with E-state index in [-0.39, 0.29) is 5.91 Å². The summed E-state index contributed by atoms with van der Waals surface area (Å²) in [6.45, 7) is 5.70. The summed E-state index contributed by atoms with van der Waals surface area (Å²) in [5.74, 6) is 0.815. The molecule has 1 unspecified atom stereocenters. The molecule has 4 rings (SSSR count). The van der Waals surface area contributed by atoms with Gasteiger partial charge in [0, 0.05) is 42.9 Å². The van der Waals surface area contributed by atoms with Crippen LogP contribution in [-0.2, 0) is 24.8 Å². The van der Waals surface area contributed by atoms with Crippen molar-refractivity contribution in [3.05, 3.63) is 65.9 Å². The molecule has 4 nitrogen and oxygen atoms in total. The van der Waals surface area contributed by atoms with Gasteiger partial charge in [0.05, 0.1) is 6.42 Å². The number of nitrogens with one attached hydrogen (secondary N) is 1. The highest BCUT2D eigenvalue weighted by molar-refractivity contribution is 5.95. The van der Waals surface area contributed by atoms with Crippen molar-refractivity contribution in [1.29, 1.82) is 0 Å². The Morgan fingerprint density at radius 2 is 1.93 bits per heavy atom. The number of anilines is 1. The van der Waals surface area contributed by atoms with Crippen LogP contribution in [-0.4, -0.2) is 28.5 Å². The van der Waals surface area contributed by atoms with Gasteiger partial charge in [0.15, 0.2) is 0 Å². The van der Waals surface area contributed by atoms with Gasteiger partial charge in [-0.15, -0.1) is 0 Å². The number of fused-ring (bicyclic) bond motifs is 1. The molecule has 1 amide bonds. The van der Waals surface area contributed by atoms with Crippen LogP contribution in [0.15, 0.2) is 54.7 Å². The molecule has 3 aromatic rings. The van der Waals surface area contributed by atoms with E-state index >= 15 is 0 Å². The number of piperidine rings is 1. The third kappa shape index (κ3) is 4.28. The van der Waals surface area contributed by atoms with E-state index in [0.717, 1.165) is 34.6 Å². The first-order valence-corrected chi connectivity index (χ1v) is 10.2. The van der Waals surface area contributed by atoms with Gasteiger partial charge in [-0.3, -0.25) is 9.69 Å². The van der Waals surface area contributed by atoms with Gasteiger partial charge in [-0.05, 0) is 54.6 Å². The number of hydrogen-bond donors (Lipinski definition) is 1. The van der Waals surface area contributed by atoms with Crippen molar-refractivity contribution in [3.8, 4) is 0 Å². The molecule has 2 heterocycles. The van der Waals surface area contributed by atoms with Crippen LogP contribution >= 0.6 is 0 Å². The number of aryl methyl sites for hydroxylation is 1. The van der Waals surface area contributed by atoms with Gasteiger partial charge in [-0.25, -0.2) is 0 Å². The Morgan fingerprint density at radius 3 is 2.71 bits per heavy atom. The largest absolute Gasteiger partial charge is 0.350 e. The first kappa shape index (κ1) is 18.8. The van der Waals surface area contributed by atoms with Gasteiger partial charge in [0.2, 0.25) is 5.91 Å². The second kappa shape index (κ2) is 8.19. The number of nitrogens with zero attached hydrogens (tertiary/aromatic N) is 2. The molecular formula is C24H29N3O. The maximum atomic E-state index is 12.5. The molecule has 0 aliphatic carbocycles. The fourth-order valence-corrected chi connectivity index (χ4v) is 4.33. The highest BCUT2D eigenvalue weighted by Crippen LogP contribution is 2.22. The lowest BCUT2D eigenvalue weighted by molar-refractivity contribution is -0.115. The molecule has 1 fully saturated rings. The molecule has 0 spiro atoms. The minimum absolute atomic E-state index is 0.0222. The average Bonchev–Trinajstić information content (AvgIpc) is 2.99. The van der Waals surface area contributed by atoms with Gasteiger partial charge >= 0.3 is 0 Å². The predicted octanol–water partition coefficient (Wildman–Crippen LogP) is 4.59. The number of amides is 1. The second-order valence-electron chi connectivity index (χ2n) is 8.19. The molecule has 1 atom stereocenters. The van der Waals surface area contributed by atoms with E-state index in [0.29, 0.717) is 6.42 Å². The third-order valence-corrected chi connectivity index (χ3v) is 5.72. The van der Waals surface area contributed by atoms with Gasteiger partial charge in [-0.2, -0.15) is 0 Å². The zero-order chi connectivity index (χ0) is 19.5. The summed E-state index contributed by atoms with van der Waals surface area (Å²) in [6.07, 6.45) is 5.07. The summed E-state index contributed by atoms with van der Waals surface area (Å²) < 4.78 is 2.08. The lowest BCUT2D eigenvalue weighted by atomic mass is 10.00. The zero-order valence-electron chi connectivity index (χ0n) is 16.8. The highest BCUT2D eigenvalue weighted by Gasteiger charge is 2.16. The van der Waals surface area contributed by atoms with E-state index in [1.165, 1.54) is 31.5 Å². The molecule has 1 saturated heterocycles. The number of carbonyl (C=O) groups is 1. The smallest absolute Gasteiger partial charge is 0.228 e. The molecular weight excluding hydrogens is 346 g/mol. The van der Waals surface area contributed by atoms with Crippen LogP contribution in [0.3, 0.4) is 0 Å². The van der Waals surface area contributed by atoms with Crippen molar-refractivity contribution < 1.29 is 4.79 Å². The molecule has 4 heteroatoms. The van der Waals surface area contributed by atoms with Crippen molar-refractivity contribution >= 4 is 22.5 Å². The average molecular weight is 376 g/mol. The quantitative estimate of drug-likeness (QED) is 0.708.